The zero-order chi connectivity index (χ0) is 23.5. The van der Waals surface area contributed by atoms with E-state index in [-0.39, 0.29) is 29.4 Å². The lowest BCUT2D eigenvalue weighted by molar-refractivity contribution is 0.1000. The number of rotatable bonds is 8. The number of nitrogens with two attached hydrogens (primary N) is 1. The van der Waals surface area contributed by atoms with Crippen molar-refractivity contribution in [2.45, 2.75) is 25.7 Å². The van der Waals surface area contributed by atoms with Gasteiger partial charge in [0.05, 0.1) is 18.9 Å². The molecule has 1 aliphatic rings. The number of ether oxygens (including phenoxy) is 2. The lowest BCUT2D eigenvalue weighted by Gasteiger charge is -2.16. The number of nitrogens with zero attached hydrogens (tertiary/aromatic N) is 2. The van der Waals surface area contributed by atoms with Crippen LogP contribution in [0.25, 0.3) is 11.3 Å². The van der Waals surface area contributed by atoms with Gasteiger partial charge in [-0.05, 0) is 36.8 Å². The summed E-state index contributed by atoms with van der Waals surface area (Å²) in [6, 6.07) is 11.5. The van der Waals surface area contributed by atoms with Gasteiger partial charge in [-0.15, -0.1) is 0 Å². The number of aliphatic hydroxyl groups is 1. The summed E-state index contributed by atoms with van der Waals surface area (Å²) in [5, 5.41) is 17.9. The molecule has 2 heterocycles. The number of hydrogen-bond donors (Lipinski definition) is 3. The van der Waals surface area contributed by atoms with Crippen molar-refractivity contribution in [1.82, 2.24) is 15.1 Å². The molecule has 0 aliphatic carbocycles. The van der Waals surface area contributed by atoms with E-state index in [1.54, 1.807) is 48.2 Å². The van der Waals surface area contributed by atoms with E-state index in [2.05, 4.69) is 10.4 Å². The van der Waals surface area contributed by atoms with E-state index in [0.717, 1.165) is 0 Å². The molecular weight excluding hydrogens is 427 g/mol. The smallest absolute Gasteiger partial charge is 0.252 e. The number of hydrogen-bond acceptors (Lipinski definition) is 6. The van der Waals surface area contributed by atoms with Gasteiger partial charge < -0.3 is 20.3 Å². The zero-order valence-corrected chi connectivity index (χ0v) is 18.3. The Labute approximate surface area is 190 Å². The van der Waals surface area contributed by atoms with E-state index in [1.165, 1.54) is 13.2 Å². The second-order valence-electron chi connectivity index (χ2n) is 7.69. The molecule has 4 rings (SSSR count). The Balaban J connectivity index is 1.57. The molecule has 0 saturated carbocycles. The molecule has 2 unspecified atom stereocenters. The molecule has 8 nitrogen and oxygen atoms in total. The van der Waals surface area contributed by atoms with Crippen LogP contribution in [0.4, 0.5) is 4.39 Å². The molecule has 1 aliphatic heterocycles. The minimum atomic E-state index is -0.995. The minimum absolute atomic E-state index is 0.169. The van der Waals surface area contributed by atoms with Crippen molar-refractivity contribution in [2.75, 3.05) is 13.7 Å². The number of carbonyl (C=O) groups is 1. The van der Waals surface area contributed by atoms with Crippen molar-refractivity contribution in [2.24, 2.45) is 5.73 Å². The molecule has 2 atom stereocenters. The van der Waals surface area contributed by atoms with Crippen molar-refractivity contribution in [3.05, 3.63) is 83.0 Å². The highest BCUT2D eigenvalue weighted by molar-refractivity contribution is 6.00. The van der Waals surface area contributed by atoms with E-state index >= 15 is 4.39 Å². The summed E-state index contributed by atoms with van der Waals surface area (Å²) in [5.41, 5.74) is 7.85. The Bertz CT molecular complexity index is 1210. The highest BCUT2D eigenvalue weighted by Crippen LogP contribution is 2.31. The fourth-order valence-corrected chi connectivity index (χ4v) is 3.91. The van der Waals surface area contributed by atoms with Crippen LogP contribution in [-0.2, 0) is 11.3 Å². The lowest BCUT2D eigenvalue weighted by atomic mass is 10.0. The van der Waals surface area contributed by atoms with Crippen molar-refractivity contribution < 1.29 is 23.8 Å². The predicted octanol–water partition coefficient (Wildman–Crippen LogP) is 2.97. The van der Waals surface area contributed by atoms with Crippen LogP contribution < -0.4 is 15.8 Å². The number of halogens is 1. The highest BCUT2D eigenvalue weighted by atomic mass is 19.1. The maximum Gasteiger partial charge on any atom is 0.252 e. The van der Waals surface area contributed by atoms with Gasteiger partial charge in [-0.1, -0.05) is 24.3 Å². The summed E-state index contributed by atoms with van der Waals surface area (Å²) in [5.74, 6) is -0.681. The van der Waals surface area contributed by atoms with Gasteiger partial charge in [0.25, 0.3) is 5.91 Å². The monoisotopic (exact) mass is 452 g/mol. The number of carbonyl (C=O) groups excluding carboxylic acids is 1. The maximum atomic E-state index is 15.1. The van der Waals surface area contributed by atoms with Gasteiger partial charge >= 0.3 is 0 Å². The van der Waals surface area contributed by atoms with Crippen LogP contribution in [0.5, 0.6) is 5.75 Å². The van der Waals surface area contributed by atoms with Gasteiger partial charge in [0.15, 0.2) is 0 Å². The fraction of sp³-hybridized carbons (Fsp3) is 0.250. The summed E-state index contributed by atoms with van der Waals surface area (Å²) in [7, 11) is 1.53. The van der Waals surface area contributed by atoms with E-state index < -0.39 is 18.0 Å². The Kier molecular flexibility index (Phi) is 6.43. The molecule has 4 N–H and O–H groups in total. The van der Waals surface area contributed by atoms with Gasteiger partial charge in [-0.2, -0.15) is 5.10 Å². The van der Waals surface area contributed by atoms with Crippen LogP contribution in [0.2, 0.25) is 0 Å². The molecule has 0 spiro atoms. The molecule has 0 saturated heterocycles. The Hall–Kier alpha value is -3.69. The van der Waals surface area contributed by atoms with Gasteiger partial charge in [0, 0.05) is 23.4 Å². The quantitative estimate of drug-likeness (QED) is 0.453. The average Bonchev–Trinajstić information content (AvgIpc) is 3.45. The summed E-state index contributed by atoms with van der Waals surface area (Å²) in [4.78, 5) is 12.1. The molecule has 9 heteroatoms. The van der Waals surface area contributed by atoms with E-state index in [0.29, 0.717) is 29.2 Å². The van der Waals surface area contributed by atoms with Crippen LogP contribution in [0.15, 0.2) is 54.8 Å². The molecule has 1 aromatic heterocycles. The summed E-state index contributed by atoms with van der Waals surface area (Å²) >= 11 is 0. The molecule has 0 fully saturated rings. The first-order chi connectivity index (χ1) is 15.9. The number of aliphatic hydroxyl groups excluding tert-OH is 1. The SMILES string of the molecule is COc1ccccc1C(O)NCc1ccc(-c2nn(C3C=COC3)c(C)c2C(N)=O)c(F)c1. The lowest BCUT2D eigenvalue weighted by Crippen LogP contribution is -2.21. The third-order valence-corrected chi connectivity index (χ3v) is 5.60. The number of para-hydroxylation sites is 1. The zero-order valence-electron chi connectivity index (χ0n) is 18.3. The fourth-order valence-electron chi connectivity index (χ4n) is 3.91. The van der Waals surface area contributed by atoms with Crippen LogP contribution in [0.3, 0.4) is 0 Å². The molecule has 0 radical (unpaired) electrons. The number of primary amides is 1. The third-order valence-electron chi connectivity index (χ3n) is 5.60. The number of methoxy groups -OCH3 is 1. The summed E-state index contributed by atoms with van der Waals surface area (Å²) in [6.45, 7) is 2.30. The summed E-state index contributed by atoms with van der Waals surface area (Å²) < 4.78 is 27.2. The third kappa shape index (κ3) is 4.46. The minimum Gasteiger partial charge on any atom is -0.499 e. The highest BCUT2D eigenvalue weighted by Gasteiger charge is 2.26. The van der Waals surface area contributed by atoms with Crippen molar-refractivity contribution >= 4 is 5.91 Å². The largest absolute Gasteiger partial charge is 0.499 e. The molecular formula is C24H25FN4O4. The topological polar surface area (TPSA) is 112 Å². The average molecular weight is 452 g/mol. The Morgan fingerprint density at radius 2 is 2.18 bits per heavy atom. The normalized spacial score (nSPS) is 15.9. The molecule has 33 heavy (non-hydrogen) atoms. The van der Waals surface area contributed by atoms with Crippen LogP contribution in [0, 0.1) is 12.7 Å². The molecule has 2 aromatic carbocycles. The Morgan fingerprint density at radius 1 is 1.39 bits per heavy atom. The Morgan fingerprint density at radius 3 is 2.85 bits per heavy atom. The summed E-state index contributed by atoms with van der Waals surface area (Å²) in [6.07, 6.45) is 2.38. The van der Waals surface area contributed by atoms with Gasteiger partial charge in [-0.25, -0.2) is 4.39 Å². The molecule has 1 amide bonds. The molecule has 3 aromatic rings. The standard InChI is InChI=1S/C24H25FN4O4/c1-14-21(23(26)30)22(28-29(14)16-9-10-33-13-16)17-8-7-15(11-19(17)25)12-27-24(31)18-5-3-4-6-20(18)32-2/h3-11,16,24,27,31H,12-13H2,1-2H3,(H2,26,30). The van der Waals surface area contributed by atoms with Gasteiger partial charge in [-0.3, -0.25) is 14.8 Å². The first kappa shape index (κ1) is 22.5. The van der Waals surface area contributed by atoms with Gasteiger partial charge in [0.1, 0.15) is 36.1 Å². The second-order valence-corrected chi connectivity index (χ2v) is 7.69. The second kappa shape index (κ2) is 9.43. The number of nitrogens with one attached hydrogen (secondary N) is 1. The van der Waals surface area contributed by atoms with Crippen LogP contribution >= 0.6 is 0 Å². The van der Waals surface area contributed by atoms with Crippen molar-refractivity contribution in [3.8, 4) is 17.0 Å². The van der Waals surface area contributed by atoms with Crippen molar-refractivity contribution in [3.63, 3.8) is 0 Å². The maximum absolute atomic E-state index is 15.1. The van der Waals surface area contributed by atoms with Gasteiger partial charge in [0.2, 0.25) is 0 Å². The van der Waals surface area contributed by atoms with E-state index in [9.17, 15) is 9.90 Å². The molecule has 172 valence electrons. The van der Waals surface area contributed by atoms with E-state index in [4.69, 9.17) is 15.2 Å². The first-order valence-corrected chi connectivity index (χ1v) is 10.4. The number of aromatic nitrogens is 2. The van der Waals surface area contributed by atoms with Crippen molar-refractivity contribution in [1.29, 1.82) is 0 Å². The first-order valence-electron chi connectivity index (χ1n) is 10.4. The number of amides is 1. The van der Waals surface area contributed by atoms with E-state index in [1.807, 2.05) is 12.1 Å². The molecule has 0 bridgehead atoms. The van der Waals surface area contributed by atoms with Crippen LogP contribution in [-0.4, -0.2) is 34.5 Å². The predicted molar refractivity (Wildman–Crippen MR) is 120 cm³/mol. The van der Waals surface area contributed by atoms with Crippen LogP contribution in [0.1, 0.15) is 39.4 Å². The number of benzene rings is 2.